The number of anilines is 1. The molecular formula is C21H22N4O. The molecule has 0 fully saturated rings. The minimum absolute atomic E-state index is 0.0447. The van der Waals surface area contributed by atoms with Crippen LogP contribution in [0.1, 0.15) is 28.4 Å². The maximum absolute atomic E-state index is 13.4. The van der Waals surface area contributed by atoms with Gasteiger partial charge in [0.25, 0.3) is 5.56 Å². The van der Waals surface area contributed by atoms with Gasteiger partial charge in [-0.1, -0.05) is 60.7 Å². The Balaban J connectivity index is 1.95. The molecule has 1 aliphatic heterocycles. The molecule has 1 aliphatic rings. The maximum Gasteiger partial charge on any atom is 0.260 e. The highest BCUT2D eigenvalue weighted by atomic mass is 16.1. The highest BCUT2D eigenvalue weighted by molar-refractivity contribution is 5.38. The monoisotopic (exact) mass is 346 g/mol. The van der Waals surface area contributed by atoms with Gasteiger partial charge < -0.3 is 10.6 Å². The summed E-state index contributed by atoms with van der Waals surface area (Å²) in [5.74, 6) is 0.274. The van der Waals surface area contributed by atoms with Crippen LogP contribution in [-0.2, 0) is 13.0 Å². The van der Waals surface area contributed by atoms with Crippen molar-refractivity contribution in [2.45, 2.75) is 19.0 Å². The Morgan fingerprint density at radius 2 is 1.58 bits per heavy atom. The van der Waals surface area contributed by atoms with E-state index in [2.05, 4.69) is 9.88 Å². The fourth-order valence-electron chi connectivity index (χ4n) is 3.65. The zero-order valence-corrected chi connectivity index (χ0v) is 14.8. The first-order valence-electron chi connectivity index (χ1n) is 8.83. The second kappa shape index (κ2) is 6.77. The van der Waals surface area contributed by atoms with Gasteiger partial charge in [0.2, 0.25) is 5.95 Å². The van der Waals surface area contributed by atoms with Gasteiger partial charge in [-0.2, -0.15) is 0 Å². The van der Waals surface area contributed by atoms with Crippen molar-refractivity contribution >= 4 is 5.95 Å². The number of hydrogen-bond donors (Lipinski definition) is 1. The van der Waals surface area contributed by atoms with Crippen molar-refractivity contribution in [3.63, 3.8) is 0 Å². The van der Waals surface area contributed by atoms with E-state index in [1.807, 2.05) is 67.7 Å². The Kier molecular flexibility index (Phi) is 4.31. The second-order valence-electron chi connectivity index (χ2n) is 6.78. The first-order valence-corrected chi connectivity index (χ1v) is 8.83. The van der Waals surface area contributed by atoms with E-state index in [1.165, 1.54) is 0 Å². The number of hydrogen-bond acceptors (Lipinski definition) is 4. The lowest BCUT2D eigenvalue weighted by atomic mass is 9.97. The van der Waals surface area contributed by atoms with E-state index < -0.39 is 0 Å². The number of nitrogen functional groups attached to an aromatic ring is 1. The molecule has 2 N–H and O–H groups in total. The minimum Gasteiger partial charge on any atom is -0.369 e. The Morgan fingerprint density at radius 1 is 1.00 bits per heavy atom. The van der Waals surface area contributed by atoms with Crippen LogP contribution in [0.15, 0.2) is 65.5 Å². The Hall–Kier alpha value is -2.92. The van der Waals surface area contributed by atoms with E-state index in [0.29, 0.717) is 6.54 Å². The number of rotatable bonds is 3. The smallest absolute Gasteiger partial charge is 0.260 e. The molecule has 26 heavy (non-hydrogen) atoms. The van der Waals surface area contributed by atoms with Gasteiger partial charge >= 0.3 is 0 Å². The fraction of sp³-hybridized carbons (Fsp3) is 0.238. The van der Waals surface area contributed by atoms with E-state index in [-0.39, 0.29) is 17.5 Å². The topological polar surface area (TPSA) is 64.2 Å². The Bertz CT molecular complexity index is 927. The molecule has 0 saturated carbocycles. The lowest BCUT2D eigenvalue weighted by Gasteiger charge is -2.28. The second-order valence-corrected chi connectivity index (χ2v) is 6.78. The van der Waals surface area contributed by atoms with Crippen molar-refractivity contribution in [1.29, 1.82) is 0 Å². The van der Waals surface area contributed by atoms with E-state index in [4.69, 9.17) is 5.73 Å². The Morgan fingerprint density at radius 3 is 2.15 bits per heavy atom. The van der Waals surface area contributed by atoms with Crippen LogP contribution in [-0.4, -0.2) is 28.0 Å². The highest BCUT2D eigenvalue weighted by Gasteiger charge is 2.26. The predicted molar refractivity (Wildman–Crippen MR) is 103 cm³/mol. The first kappa shape index (κ1) is 16.5. The standard InChI is InChI=1S/C21H22N4O/c1-24-13-12-18-17(14-24)20(26)25(21(22)23-18)19(15-8-4-2-5-9-15)16-10-6-3-7-11-16/h2-11,19H,12-14H2,1H3,(H2,22,23). The van der Waals surface area contributed by atoms with Crippen LogP contribution >= 0.6 is 0 Å². The number of nitrogens with zero attached hydrogens (tertiary/aromatic N) is 3. The fourth-order valence-corrected chi connectivity index (χ4v) is 3.65. The van der Waals surface area contributed by atoms with Gasteiger partial charge in [0.15, 0.2) is 0 Å². The average Bonchev–Trinajstić information content (AvgIpc) is 2.67. The molecule has 5 nitrogen and oxygen atoms in total. The summed E-state index contributed by atoms with van der Waals surface area (Å²) in [6.45, 7) is 1.50. The number of aromatic nitrogens is 2. The molecule has 2 aromatic carbocycles. The van der Waals surface area contributed by atoms with Crippen molar-refractivity contribution in [1.82, 2.24) is 14.5 Å². The van der Waals surface area contributed by atoms with Crippen molar-refractivity contribution < 1.29 is 0 Å². The lowest BCUT2D eigenvalue weighted by Crippen LogP contribution is -2.39. The van der Waals surface area contributed by atoms with E-state index >= 15 is 0 Å². The zero-order chi connectivity index (χ0) is 18.1. The van der Waals surface area contributed by atoms with Gasteiger partial charge in [-0.15, -0.1) is 0 Å². The van der Waals surface area contributed by atoms with E-state index in [9.17, 15) is 4.79 Å². The normalized spacial score (nSPS) is 14.4. The van der Waals surface area contributed by atoms with Gasteiger partial charge in [-0.25, -0.2) is 4.98 Å². The molecule has 0 radical (unpaired) electrons. The number of likely N-dealkylation sites (N-methyl/N-ethyl adjacent to an activating group) is 1. The molecule has 132 valence electrons. The molecule has 0 amide bonds. The van der Waals surface area contributed by atoms with Gasteiger partial charge in [0, 0.05) is 19.5 Å². The summed E-state index contributed by atoms with van der Waals surface area (Å²) in [5, 5.41) is 0. The molecular weight excluding hydrogens is 324 g/mol. The molecule has 0 unspecified atom stereocenters. The molecule has 0 atom stereocenters. The van der Waals surface area contributed by atoms with Gasteiger partial charge in [0.05, 0.1) is 17.3 Å². The van der Waals surface area contributed by atoms with Crippen molar-refractivity contribution in [3.05, 3.63) is 93.4 Å². The molecule has 0 bridgehead atoms. The SMILES string of the molecule is CN1CCc2nc(N)n(C(c3ccccc3)c3ccccc3)c(=O)c2C1. The number of fused-ring (bicyclic) bond motifs is 1. The highest BCUT2D eigenvalue weighted by Crippen LogP contribution is 2.28. The quantitative estimate of drug-likeness (QED) is 0.791. The van der Waals surface area contributed by atoms with Crippen LogP contribution in [0, 0.1) is 0 Å². The summed E-state index contributed by atoms with van der Waals surface area (Å²) in [6, 6.07) is 19.6. The summed E-state index contributed by atoms with van der Waals surface area (Å²) in [6.07, 6.45) is 0.757. The number of benzene rings is 2. The summed E-state index contributed by atoms with van der Waals surface area (Å²) in [4.78, 5) is 20.1. The molecule has 0 spiro atoms. The molecule has 2 heterocycles. The molecule has 0 saturated heterocycles. The average molecular weight is 346 g/mol. The van der Waals surface area contributed by atoms with Gasteiger partial charge in [-0.05, 0) is 18.2 Å². The van der Waals surface area contributed by atoms with Crippen LogP contribution in [0.4, 0.5) is 5.95 Å². The summed E-state index contributed by atoms with van der Waals surface area (Å²) < 4.78 is 1.64. The third-order valence-corrected chi connectivity index (χ3v) is 4.97. The molecule has 1 aromatic heterocycles. The summed E-state index contributed by atoms with van der Waals surface area (Å²) in [5.41, 5.74) is 9.86. The Labute approximate surface area is 152 Å². The number of nitrogens with two attached hydrogens (primary N) is 1. The van der Waals surface area contributed by atoms with Crippen LogP contribution in [0.5, 0.6) is 0 Å². The predicted octanol–water partition coefficient (Wildman–Crippen LogP) is 2.45. The van der Waals surface area contributed by atoms with Crippen LogP contribution in [0.2, 0.25) is 0 Å². The first-order chi connectivity index (χ1) is 12.6. The molecule has 3 aromatic rings. The third-order valence-electron chi connectivity index (χ3n) is 4.97. The van der Waals surface area contributed by atoms with Crippen LogP contribution in [0.3, 0.4) is 0 Å². The molecule has 5 heteroatoms. The van der Waals surface area contributed by atoms with Gasteiger partial charge in [-0.3, -0.25) is 9.36 Å². The van der Waals surface area contributed by atoms with E-state index in [0.717, 1.165) is 35.3 Å². The van der Waals surface area contributed by atoms with Crippen molar-refractivity contribution in [3.8, 4) is 0 Å². The van der Waals surface area contributed by atoms with E-state index in [1.54, 1.807) is 4.57 Å². The summed E-state index contributed by atoms with van der Waals surface area (Å²) in [7, 11) is 2.02. The van der Waals surface area contributed by atoms with Crippen LogP contribution < -0.4 is 11.3 Å². The molecule has 4 rings (SSSR count). The largest absolute Gasteiger partial charge is 0.369 e. The van der Waals surface area contributed by atoms with Crippen molar-refractivity contribution in [2.75, 3.05) is 19.3 Å². The lowest BCUT2D eigenvalue weighted by molar-refractivity contribution is 0.306. The summed E-state index contributed by atoms with van der Waals surface area (Å²) >= 11 is 0. The zero-order valence-electron chi connectivity index (χ0n) is 14.8. The third kappa shape index (κ3) is 2.91. The van der Waals surface area contributed by atoms with Crippen LogP contribution in [0.25, 0.3) is 0 Å². The van der Waals surface area contributed by atoms with Gasteiger partial charge in [0.1, 0.15) is 0 Å². The molecule has 0 aliphatic carbocycles. The minimum atomic E-state index is -0.296. The maximum atomic E-state index is 13.4. The van der Waals surface area contributed by atoms with Crippen molar-refractivity contribution in [2.24, 2.45) is 0 Å².